The lowest BCUT2D eigenvalue weighted by molar-refractivity contribution is 0.0183. The maximum atomic E-state index is 5.96. The number of nitrogens with one attached hydrogen (secondary N) is 1. The number of anilines is 1. The molecule has 0 aliphatic heterocycles. The zero-order valence-electron chi connectivity index (χ0n) is 13.6. The van der Waals surface area contributed by atoms with Crippen LogP contribution in [-0.2, 0) is 4.74 Å². The molecule has 3 rings (SSSR count). The fourth-order valence-corrected chi connectivity index (χ4v) is 3.95. The minimum atomic E-state index is 0.373. The van der Waals surface area contributed by atoms with Crippen molar-refractivity contribution in [2.75, 3.05) is 18.5 Å². The van der Waals surface area contributed by atoms with Crippen LogP contribution in [0.1, 0.15) is 39.0 Å². The molecule has 2 aromatic heterocycles. The first-order valence-electron chi connectivity index (χ1n) is 8.47. The molecule has 1 fully saturated rings. The molecule has 2 heterocycles. The van der Waals surface area contributed by atoms with Crippen LogP contribution < -0.4 is 5.32 Å². The molecule has 1 aliphatic rings. The quantitative estimate of drug-likeness (QED) is 0.792. The van der Waals surface area contributed by atoms with E-state index in [1.165, 1.54) is 25.7 Å². The maximum absolute atomic E-state index is 5.96. The van der Waals surface area contributed by atoms with Gasteiger partial charge in [-0.3, -0.25) is 4.98 Å². The van der Waals surface area contributed by atoms with Gasteiger partial charge in [0, 0.05) is 19.3 Å². The molecular weight excluding hydrogens is 308 g/mol. The van der Waals surface area contributed by atoms with Crippen LogP contribution in [0, 0.1) is 5.92 Å². The van der Waals surface area contributed by atoms with Crippen LogP contribution in [0.15, 0.2) is 24.4 Å². The van der Waals surface area contributed by atoms with Gasteiger partial charge >= 0.3 is 0 Å². The first kappa shape index (κ1) is 16.3. The summed E-state index contributed by atoms with van der Waals surface area (Å²) in [7, 11) is 0. The van der Waals surface area contributed by atoms with Gasteiger partial charge in [-0.15, -0.1) is 10.2 Å². The molecule has 1 N–H and O–H groups in total. The van der Waals surface area contributed by atoms with Crippen molar-refractivity contribution in [1.29, 1.82) is 0 Å². The second-order valence-electron chi connectivity index (χ2n) is 5.88. The van der Waals surface area contributed by atoms with Gasteiger partial charge in [-0.1, -0.05) is 30.2 Å². The van der Waals surface area contributed by atoms with Crippen LogP contribution in [0.25, 0.3) is 10.7 Å². The summed E-state index contributed by atoms with van der Waals surface area (Å²) in [5.41, 5.74) is 0.871. The Hall–Kier alpha value is -1.53. The first-order chi connectivity index (χ1) is 11.4. The predicted octanol–water partition coefficient (Wildman–Crippen LogP) is 4.00. The molecule has 5 nitrogen and oxygen atoms in total. The Balaban J connectivity index is 1.51. The molecule has 0 saturated heterocycles. The number of ether oxygens (including phenoxy) is 1. The third-order valence-electron chi connectivity index (χ3n) is 4.32. The molecule has 2 aromatic rings. The molecule has 0 aromatic carbocycles. The van der Waals surface area contributed by atoms with E-state index in [2.05, 4.69) is 27.4 Å². The van der Waals surface area contributed by atoms with Crippen LogP contribution in [0.5, 0.6) is 0 Å². The van der Waals surface area contributed by atoms with Gasteiger partial charge in [-0.05, 0) is 44.2 Å². The van der Waals surface area contributed by atoms with Crippen molar-refractivity contribution in [3.63, 3.8) is 0 Å². The molecular formula is C17H24N4OS. The van der Waals surface area contributed by atoms with Gasteiger partial charge in [0.1, 0.15) is 5.69 Å². The number of rotatable bonds is 8. The van der Waals surface area contributed by atoms with E-state index < -0.39 is 0 Å². The number of nitrogens with zero attached hydrogens (tertiary/aromatic N) is 3. The van der Waals surface area contributed by atoms with E-state index >= 15 is 0 Å². The van der Waals surface area contributed by atoms with E-state index in [1.807, 2.05) is 18.2 Å². The Labute approximate surface area is 141 Å². The van der Waals surface area contributed by atoms with Crippen molar-refractivity contribution in [3.05, 3.63) is 24.4 Å². The van der Waals surface area contributed by atoms with Gasteiger partial charge in [0.15, 0.2) is 5.01 Å². The average molecular weight is 332 g/mol. The third kappa shape index (κ3) is 4.48. The van der Waals surface area contributed by atoms with Crippen molar-refractivity contribution in [3.8, 4) is 10.7 Å². The molecule has 124 valence electrons. The topological polar surface area (TPSA) is 59.9 Å². The van der Waals surface area contributed by atoms with Crippen LogP contribution in [0.3, 0.4) is 0 Å². The van der Waals surface area contributed by atoms with Crippen LogP contribution in [-0.4, -0.2) is 34.4 Å². The lowest BCUT2D eigenvalue weighted by atomic mass is 9.98. The maximum Gasteiger partial charge on any atom is 0.206 e. The molecule has 0 amide bonds. The van der Waals surface area contributed by atoms with E-state index in [4.69, 9.17) is 4.74 Å². The summed E-state index contributed by atoms with van der Waals surface area (Å²) in [4.78, 5) is 4.31. The fourth-order valence-electron chi connectivity index (χ4n) is 3.21. The Morgan fingerprint density at radius 1 is 1.30 bits per heavy atom. The van der Waals surface area contributed by atoms with Crippen molar-refractivity contribution in [1.82, 2.24) is 15.2 Å². The Kier molecular flexibility index (Phi) is 5.93. The Morgan fingerprint density at radius 3 is 2.91 bits per heavy atom. The monoisotopic (exact) mass is 332 g/mol. The zero-order valence-corrected chi connectivity index (χ0v) is 14.4. The van der Waals surface area contributed by atoms with Gasteiger partial charge in [-0.25, -0.2) is 0 Å². The molecule has 1 atom stereocenters. The highest BCUT2D eigenvalue weighted by molar-refractivity contribution is 7.18. The summed E-state index contributed by atoms with van der Waals surface area (Å²) in [6, 6.07) is 5.82. The van der Waals surface area contributed by atoms with Gasteiger partial charge in [-0.2, -0.15) is 0 Å². The lowest BCUT2D eigenvalue weighted by Crippen LogP contribution is -2.25. The normalized spacial score (nSPS) is 16.6. The number of hydrogen-bond donors (Lipinski definition) is 1. The van der Waals surface area contributed by atoms with Crippen LogP contribution in [0.4, 0.5) is 5.13 Å². The van der Waals surface area contributed by atoms with Gasteiger partial charge in [0.2, 0.25) is 5.13 Å². The fraction of sp³-hybridized carbons (Fsp3) is 0.588. The number of pyridine rings is 1. The van der Waals surface area contributed by atoms with Gasteiger partial charge < -0.3 is 10.1 Å². The van der Waals surface area contributed by atoms with Gasteiger partial charge in [0.05, 0.1) is 6.10 Å². The minimum Gasteiger partial charge on any atom is -0.378 e. The average Bonchev–Trinajstić information content (AvgIpc) is 3.27. The molecule has 1 saturated carbocycles. The standard InChI is InChI=1S/C17H24N4OS/c1-2-22-15(13-7-3-4-8-13)10-12-19-17-21-20-16(23-17)14-9-5-6-11-18-14/h5-6,9,11,13,15H,2-4,7-8,10,12H2,1H3,(H,19,21). The smallest absolute Gasteiger partial charge is 0.206 e. The lowest BCUT2D eigenvalue weighted by Gasteiger charge is -2.23. The molecule has 0 radical (unpaired) electrons. The van der Waals surface area contributed by atoms with E-state index in [-0.39, 0.29) is 0 Å². The second-order valence-corrected chi connectivity index (χ2v) is 6.86. The van der Waals surface area contributed by atoms with Crippen molar-refractivity contribution in [2.45, 2.75) is 45.1 Å². The highest BCUT2D eigenvalue weighted by Gasteiger charge is 2.25. The minimum absolute atomic E-state index is 0.373. The largest absolute Gasteiger partial charge is 0.378 e. The van der Waals surface area contributed by atoms with Crippen molar-refractivity contribution >= 4 is 16.5 Å². The van der Waals surface area contributed by atoms with Crippen LogP contribution >= 0.6 is 11.3 Å². The molecule has 23 heavy (non-hydrogen) atoms. The van der Waals surface area contributed by atoms with Crippen molar-refractivity contribution in [2.24, 2.45) is 5.92 Å². The molecule has 0 spiro atoms. The first-order valence-corrected chi connectivity index (χ1v) is 9.29. The Bertz CT molecular complexity index is 583. The molecule has 1 unspecified atom stereocenters. The summed E-state index contributed by atoms with van der Waals surface area (Å²) in [6.45, 7) is 3.75. The van der Waals surface area contributed by atoms with Crippen molar-refractivity contribution < 1.29 is 4.74 Å². The van der Waals surface area contributed by atoms with E-state index in [0.29, 0.717) is 6.10 Å². The predicted molar refractivity (Wildman–Crippen MR) is 93.6 cm³/mol. The second kappa shape index (κ2) is 8.36. The number of aromatic nitrogens is 3. The van der Waals surface area contributed by atoms with E-state index in [9.17, 15) is 0 Å². The molecule has 1 aliphatic carbocycles. The SMILES string of the molecule is CCOC(CCNc1nnc(-c2ccccn2)s1)C1CCCC1. The molecule has 6 heteroatoms. The Morgan fingerprint density at radius 2 is 2.17 bits per heavy atom. The summed E-state index contributed by atoms with van der Waals surface area (Å²) >= 11 is 1.55. The van der Waals surface area contributed by atoms with Gasteiger partial charge in [0.25, 0.3) is 0 Å². The summed E-state index contributed by atoms with van der Waals surface area (Å²) in [6.07, 6.45) is 8.50. The summed E-state index contributed by atoms with van der Waals surface area (Å²) in [5, 5.41) is 13.5. The number of hydrogen-bond acceptors (Lipinski definition) is 6. The van der Waals surface area contributed by atoms with E-state index in [1.54, 1.807) is 17.5 Å². The molecule has 0 bridgehead atoms. The highest BCUT2D eigenvalue weighted by Crippen LogP contribution is 2.31. The summed E-state index contributed by atoms with van der Waals surface area (Å²) < 4.78 is 5.96. The third-order valence-corrected chi connectivity index (χ3v) is 5.22. The summed E-state index contributed by atoms with van der Waals surface area (Å²) in [5.74, 6) is 0.732. The zero-order chi connectivity index (χ0) is 15.9. The van der Waals surface area contributed by atoms with Crippen LogP contribution in [0.2, 0.25) is 0 Å². The highest BCUT2D eigenvalue weighted by atomic mass is 32.1. The van der Waals surface area contributed by atoms with E-state index in [0.717, 1.165) is 41.3 Å².